The van der Waals surface area contributed by atoms with Crippen molar-refractivity contribution >= 4 is 128 Å². The van der Waals surface area contributed by atoms with Gasteiger partial charge in [-0.15, -0.1) is 0 Å². The molecule has 24 heteroatoms. The monoisotopic (exact) mass is 1370 g/mol. The van der Waals surface area contributed by atoms with Crippen molar-refractivity contribution in [2.75, 3.05) is 137 Å². The maximum absolute atomic E-state index is 13.1. The number of hydrogen-bond donors (Lipinski definition) is 4. The number of amides is 6. The van der Waals surface area contributed by atoms with E-state index >= 15 is 0 Å². The fraction of sp³-hybridized carbons (Fsp3) is 0.391. The van der Waals surface area contributed by atoms with Gasteiger partial charge in [0, 0.05) is 146 Å². The Kier molecular flexibility index (Phi) is 27.8. The van der Waals surface area contributed by atoms with Crippen LogP contribution in [0.1, 0.15) is 67.7 Å². The second kappa shape index (κ2) is 36.2. The topological polar surface area (TPSA) is 192 Å². The van der Waals surface area contributed by atoms with Gasteiger partial charge in [-0.3, -0.25) is 33.8 Å². The number of carbonyl (C=O) groups is 6. The smallest absolute Gasteiger partial charge is 0.322 e. The van der Waals surface area contributed by atoms with Crippen LogP contribution in [0.15, 0.2) is 121 Å². The summed E-state index contributed by atoms with van der Waals surface area (Å²) in [5.74, 6) is 0.288. The van der Waals surface area contributed by atoms with Gasteiger partial charge in [-0.05, 0) is 152 Å². The first kappa shape index (κ1) is 71.4. The number of methoxy groups -OCH3 is 1. The van der Waals surface area contributed by atoms with Crippen LogP contribution in [0.4, 0.5) is 38.9 Å². The maximum Gasteiger partial charge on any atom is 0.322 e. The minimum absolute atomic E-state index is 0.0911. The lowest BCUT2D eigenvalue weighted by Gasteiger charge is -2.36. The SMILES string of the molecule is CNc1c(Cl)cc(CN2CCCCC2)cc1Cl.COc1ccc(CC(=O)Nc2ccc(N3CCN(C(=O)Nc4c(Cl)cc(CN5CCN(C(C)=O)CC5)cc4Cl)CC3)cc2)cc1.O=CN1CCN(c2ccc(NC(=O)CCCC(=O)OCc3ccc(Cl)cc3)cc2)CC1. The highest BCUT2D eigenvalue weighted by molar-refractivity contribution is 6.40. The Bertz CT molecular complexity index is 3390. The minimum Gasteiger partial charge on any atom is -0.497 e. The molecule has 0 bridgehead atoms. The summed E-state index contributed by atoms with van der Waals surface area (Å²) in [6.07, 6.45) is 5.97. The number of likely N-dealkylation sites (tertiary alicyclic amines) is 1. The van der Waals surface area contributed by atoms with Gasteiger partial charge < -0.3 is 55.2 Å². The summed E-state index contributed by atoms with van der Waals surface area (Å²) in [5, 5.41) is 14.5. The van der Waals surface area contributed by atoms with Gasteiger partial charge in [-0.1, -0.05) is 88.7 Å². The molecule has 6 amide bonds. The van der Waals surface area contributed by atoms with Crippen LogP contribution in [-0.2, 0) is 54.8 Å². The number of piperazine rings is 3. The second-order valence-electron chi connectivity index (χ2n) is 23.1. The molecule has 0 radical (unpaired) electrons. The van der Waals surface area contributed by atoms with E-state index in [1.807, 2.05) is 109 Å². The Morgan fingerprint density at radius 3 is 1.49 bits per heavy atom. The van der Waals surface area contributed by atoms with Crippen molar-refractivity contribution in [3.8, 4) is 5.75 Å². The molecular formula is C69H82Cl5N11O8. The van der Waals surface area contributed by atoms with E-state index in [-0.39, 0.29) is 55.6 Å². The standard InChI is InChI=1S/C33H38Cl2N6O4.C23H26ClN3O4.C13H18Cl2N2/c1-23(42)39-13-11-38(12-14-39)22-25-19-29(34)32(30(35)20-25)37-33(44)41-17-15-40(16-18-41)27-7-5-26(6-8-27)36-31(43)21-24-3-9-28(45-2)10-4-24;24-19-6-4-18(5-7-19)16-31-23(30)3-1-2-22(29)25-20-8-10-21(11-9-20)27-14-12-26(17-28)13-15-27;1-16-13-11(14)7-10(8-12(13)15)9-17-5-3-2-4-6-17/h3-10,19-20H,11-18,21-22H2,1-2H3,(H,36,43)(H,37,44);4-11,17H,1-3,12-16H2,(H,25,29);7-8,16H,2-6,9H2,1H3. The normalized spacial score (nSPS) is 15.2. The van der Waals surface area contributed by atoms with Gasteiger partial charge in [0.25, 0.3) is 0 Å². The fourth-order valence-electron chi connectivity index (χ4n) is 11.2. The number of piperidine rings is 1. The summed E-state index contributed by atoms with van der Waals surface area (Å²) < 4.78 is 10.4. The number of esters is 1. The van der Waals surface area contributed by atoms with Crippen LogP contribution in [0, 0.1) is 0 Å². The van der Waals surface area contributed by atoms with Gasteiger partial charge >= 0.3 is 12.0 Å². The zero-order valence-corrected chi connectivity index (χ0v) is 56.7. The first-order valence-corrected chi connectivity index (χ1v) is 33.2. The van der Waals surface area contributed by atoms with E-state index in [9.17, 15) is 28.8 Å². The third-order valence-corrected chi connectivity index (χ3v) is 17.9. The predicted octanol–water partition coefficient (Wildman–Crippen LogP) is 12.7. The van der Waals surface area contributed by atoms with E-state index in [2.05, 4.69) is 40.9 Å². The molecule has 0 aliphatic carbocycles. The average molecular weight is 1370 g/mol. The number of benzene rings is 6. The number of nitrogens with zero attached hydrogens (tertiary/aromatic N) is 7. The molecule has 0 atom stereocenters. The van der Waals surface area contributed by atoms with Crippen molar-refractivity contribution in [3.63, 3.8) is 0 Å². The number of nitrogens with one attached hydrogen (secondary N) is 4. The summed E-state index contributed by atoms with van der Waals surface area (Å²) in [6, 6.07) is 37.3. The number of urea groups is 1. The Morgan fingerprint density at radius 2 is 0.989 bits per heavy atom. The summed E-state index contributed by atoms with van der Waals surface area (Å²) in [7, 11) is 3.44. The van der Waals surface area contributed by atoms with Crippen molar-refractivity contribution in [1.29, 1.82) is 0 Å². The van der Waals surface area contributed by atoms with Crippen molar-refractivity contribution in [1.82, 2.24) is 24.5 Å². The van der Waals surface area contributed by atoms with Crippen molar-refractivity contribution < 1.29 is 38.2 Å². The molecule has 10 rings (SSSR count). The zero-order valence-electron chi connectivity index (χ0n) is 52.9. The number of rotatable bonds is 20. The predicted molar refractivity (Wildman–Crippen MR) is 374 cm³/mol. The summed E-state index contributed by atoms with van der Waals surface area (Å²) in [6.45, 7) is 14.1. The molecule has 4 fully saturated rings. The van der Waals surface area contributed by atoms with Crippen molar-refractivity contribution in [2.45, 2.75) is 71.6 Å². The molecule has 4 aliphatic rings. The van der Waals surface area contributed by atoms with Crippen LogP contribution >= 0.6 is 58.0 Å². The van der Waals surface area contributed by atoms with E-state index in [1.165, 1.54) is 37.9 Å². The van der Waals surface area contributed by atoms with Crippen LogP contribution < -0.4 is 35.8 Å². The third kappa shape index (κ3) is 22.6. The van der Waals surface area contributed by atoms with Gasteiger partial charge in [0.05, 0.1) is 45.0 Å². The molecule has 4 aliphatic heterocycles. The van der Waals surface area contributed by atoms with Crippen LogP contribution in [0.25, 0.3) is 0 Å². The Hall–Kier alpha value is -7.49. The van der Waals surface area contributed by atoms with Crippen molar-refractivity contribution in [3.05, 3.63) is 169 Å². The number of halogens is 5. The van der Waals surface area contributed by atoms with Gasteiger partial charge in [0.2, 0.25) is 24.1 Å². The molecule has 0 aromatic heterocycles. The van der Waals surface area contributed by atoms with Crippen LogP contribution in [0.5, 0.6) is 5.75 Å². The van der Waals surface area contributed by atoms with E-state index in [1.54, 1.807) is 48.1 Å². The van der Waals surface area contributed by atoms with Crippen molar-refractivity contribution in [2.24, 2.45) is 0 Å². The maximum atomic E-state index is 13.1. The fourth-order valence-corrected chi connectivity index (χ4v) is 12.6. The average Bonchev–Trinajstić information content (AvgIpc) is 1.72. The Balaban J connectivity index is 0.000000199. The molecule has 496 valence electrons. The molecule has 4 saturated heterocycles. The largest absolute Gasteiger partial charge is 0.497 e. The molecule has 0 unspecified atom stereocenters. The molecule has 0 saturated carbocycles. The van der Waals surface area contributed by atoms with E-state index in [4.69, 9.17) is 67.5 Å². The summed E-state index contributed by atoms with van der Waals surface area (Å²) in [5.41, 5.74) is 8.67. The Labute approximate surface area is 570 Å². The molecule has 6 aromatic rings. The number of ether oxygens (including phenoxy) is 2. The van der Waals surface area contributed by atoms with Crippen LogP contribution in [0.2, 0.25) is 25.1 Å². The van der Waals surface area contributed by atoms with Gasteiger partial charge in [-0.25, -0.2) is 4.79 Å². The molecule has 0 spiro atoms. The van der Waals surface area contributed by atoms with E-state index in [0.29, 0.717) is 102 Å². The highest BCUT2D eigenvalue weighted by Crippen LogP contribution is 2.34. The molecule has 93 heavy (non-hydrogen) atoms. The van der Waals surface area contributed by atoms with Gasteiger partial charge in [0.1, 0.15) is 12.4 Å². The molecule has 4 heterocycles. The lowest BCUT2D eigenvalue weighted by Crippen LogP contribution is -2.50. The molecule has 6 aromatic carbocycles. The summed E-state index contributed by atoms with van der Waals surface area (Å²) >= 11 is 31.3. The molecular weight excluding hydrogens is 1290 g/mol. The number of anilines is 6. The van der Waals surface area contributed by atoms with Crippen LogP contribution in [-0.4, -0.2) is 166 Å². The highest BCUT2D eigenvalue weighted by atomic mass is 35.5. The molecule has 4 N–H and O–H groups in total. The van der Waals surface area contributed by atoms with Crippen LogP contribution in [0.3, 0.4) is 0 Å². The number of hydrogen-bond acceptors (Lipinski definition) is 13. The lowest BCUT2D eigenvalue weighted by atomic mass is 10.1. The Morgan fingerprint density at radius 1 is 0.505 bits per heavy atom. The molecule has 19 nitrogen and oxygen atoms in total. The van der Waals surface area contributed by atoms with E-state index < -0.39 is 0 Å². The van der Waals surface area contributed by atoms with E-state index in [0.717, 1.165) is 84.3 Å². The quantitative estimate of drug-likeness (QED) is 0.0417. The van der Waals surface area contributed by atoms with Gasteiger partial charge in [-0.2, -0.15) is 0 Å². The minimum atomic E-state index is -0.332. The number of carbonyl (C=O) groups excluding carboxylic acids is 6. The highest BCUT2D eigenvalue weighted by Gasteiger charge is 2.25. The van der Waals surface area contributed by atoms with Gasteiger partial charge in [0.15, 0.2) is 0 Å². The zero-order chi connectivity index (χ0) is 66.2. The first-order valence-electron chi connectivity index (χ1n) is 31.3. The lowest BCUT2D eigenvalue weighted by molar-refractivity contribution is -0.145. The third-order valence-electron chi connectivity index (χ3n) is 16.4. The first-order chi connectivity index (χ1) is 44.9. The summed E-state index contributed by atoms with van der Waals surface area (Å²) in [4.78, 5) is 86.5. The second-order valence-corrected chi connectivity index (χ2v) is 25.2.